The third-order valence-electron chi connectivity index (χ3n) is 2.66. The van der Waals surface area contributed by atoms with E-state index in [2.05, 4.69) is 0 Å². The SMILES string of the molecule is COC1COCCC1(O)c1ccco1. The first-order chi connectivity index (χ1) is 6.77. The van der Waals surface area contributed by atoms with Crippen molar-refractivity contribution in [3.8, 4) is 0 Å². The van der Waals surface area contributed by atoms with Crippen molar-refractivity contribution in [2.24, 2.45) is 0 Å². The Hall–Kier alpha value is -0.840. The summed E-state index contributed by atoms with van der Waals surface area (Å²) in [5.41, 5.74) is -1.05. The molecule has 4 nitrogen and oxygen atoms in total. The largest absolute Gasteiger partial charge is 0.466 e. The van der Waals surface area contributed by atoms with Crippen LogP contribution in [0.3, 0.4) is 0 Å². The number of aliphatic hydroxyl groups is 1. The van der Waals surface area contributed by atoms with E-state index in [9.17, 15) is 5.11 Å². The highest BCUT2D eigenvalue weighted by Gasteiger charge is 2.43. The Kier molecular flexibility index (Phi) is 2.58. The van der Waals surface area contributed by atoms with E-state index in [-0.39, 0.29) is 6.10 Å². The minimum absolute atomic E-state index is 0.359. The topological polar surface area (TPSA) is 51.8 Å². The van der Waals surface area contributed by atoms with Gasteiger partial charge in [-0.3, -0.25) is 0 Å². The Bertz CT molecular complexity index is 282. The van der Waals surface area contributed by atoms with Crippen LogP contribution in [0.15, 0.2) is 22.8 Å². The van der Waals surface area contributed by atoms with Gasteiger partial charge in [0.15, 0.2) is 5.60 Å². The predicted octanol–water partition coefficient (Wildman–Crippen LogP) is 0.903. The molecule has 1 N–H and O–H groups in total. The first kappa shape index (κ1) is 9.71. The lowest BCUT2D eigenvalue weighted by atomic mass is 9.89. The van der Waals surface area contributed by atoms with Crippen LogP contribution in [0.5, 0.6) is 0 Å². The van der Waals surface area contributed by atoms with Crippen LogP contribution in [0.4, 0.5) is 0 Å². The van der Waals surface area contributed by atoms with Crippen molar-refractivity contribution in [2.45, 2.75) is 18.1 Å². The maximum atomic E-state index is 10.4. The molecule has 0 saturated carbocycles. The highest BCUT2D eigenvalue weighted by atomic mass is 16.5. The monoisotopic (exact) mass is 198 g/mol. The minimum atomic E-state index is -1.05. The van der Waals surface area contributed by atoms with E-state index in [1.807, 2.05) is 0 Å². The Balaban J connectivity index is 2.27. The molecule has 4 heteroatoms. The van der Waals surface area contributed by atoms with Crippen LogP contribution in [-0.4, -0.2) is 31.5 Å². The van der Waals surface area contributed by atoms with Crippen LogP contribution in [0.1, 0.15) is 12.2 Å². The van der Waals surface area contributed by atoms with Gasteiger partial charge in [-0.05, 0) is 12.1 Å². The van der Waals surface area contributed by atoms with E-state index < -0.39 is 5.60 Å². The molecule has 0 radical (unpaired) electrons. The molecule has 2 rings (SSSR count). The summed E-state index contributed by atoms with van der Waals surface area (Å²) in [5, 5.41) is 10.4. The molecule has 1 aromatic rings. The molecular weight excluding hydrogens is 184 g/mol. The Labute approximate surface area is 82.4 Å². The van der Waals surface area contributed by atoms with Gasteiger partial charge >= 0.3 is 0 Å². The summed E-state index contributed by atoms with van der Waals surface area (Å²) in [5.74, 6) is 0.549. The van der Waals surface area contributed by atoms with Crippen LogP contribution in [-0.2, 0) is 15.1 Å². The van der Waals surface area contributed by atoms with Crippen molar-refractivity contribution >= 4 is 0 Å². The molecule has 14 heavy (non-hydrogen) atoms. The standard InChI is InChI=1S/C10H14O4/c1-12-9-7-13-6-4-10(9,11)8-3-2-5-14-8/h2-3,5,9,11H,4,6-7H2,1H3. The van der Waals surface area contributed by atoms with Gasteiger partial charge in [0.1, 0.15) is 11.9 Å². The van der Waals surface area contributed by atoms with E-state index in [1.54, 1.807) is 25.5 Å². The molecule has 1 aromatic heterocycles. The molecule has 2 heterocycles. The first-order valence-electron chi connectivity index (χ1n) is 4.64. The fourth-order valence-electron chi connectivity index (χ4n) is 1.79. The van der Waals surface area contributed by atoms with Crippen LogP contribution < -0.4 is 0 Å². The van der Waals surface area contributed by atoms with Gasteiger partial charge in [-0.1, -0.05) is 0 Å². The van der Waals surface area contributed by atoms with Gasteiger partial charge in [0.25, 0.3) is 0 Å². The van der Waals surface area contributed by atoms with Gasteiger partial charge in [0.2, 0.25) is 0 Å². The highest BCUT2D eigenvalue weighted by molar-refractivity contribution is 5.13. The lowest BCUT2D eigenvalue weighted by Crippen LogP contribution is -2.47. The van der Waals surface area contributed by atoms with E-state index in [0.29, 0.717) is 25.4 Å². The van der Waals surface area contributed by atoms with Gasteiger partial charge < -0.3 is 19.0 Å². The number of methoxy groups -OCH3 is 1. The van der Waals surface area contributed by atoms with Gasteiger partial charge in [-0.25, -0.2) is 0 Å². The third kappa shape index (κ3) is 1.45. The molecule has 0 spiro atoms. The minimum Gasteiger partial charge on any atom is -0.466 e. The lowest BCUT2D eigenvalue weighted by Gasteiger charge is -2.37. The molecule has 1 fully saturated rings. The Morgan fingerprint density at radius 2 is 2.50 bits per heavy atom. The molecule has 2 unspecified atom stereocenters. The van der Waals surface area contributed by atoms with Crippen molar-refractivity contribution in [1.29, 1.82) is 0 Å². The van der Waals surface area contributed by atoms with Crippen LogP contribution in [0.25, 0.3) is 0 Å². The van der Waals surface area contributed by atoms with Crippen LogP contribution in [0.2, 0.25) is 0 Å². The molecule has 0 amide bonds. The summed E-state index contributed by atoms with van der Waals surface area (Å²) in [6.07, 6.45) is 1.69. The van der Waals surface area contributed by atoms with Gasteiger partial charge in [-0.2, -0.15) is 0 Å². The zero-order valence-electron chi connectivity index (χ0n) is 8.10. The van der Waals surface area contributed by atoms with E-state index in [4.69, 9.17) is 13.9 Å². The average molecular weight is 198 g/mol. The van der Waals surface area contributed by atoms with Crippen molar-refractivity contribution in [3.05, 3.63) is 24.2 Å². The summed E-state index contributed by atoms with van der Waals surface area (Å²) < 4.78 is 15.7. The average Bonchev–Trinajstić information content (AvgIpc) is 2.72. The normalized spacial score (nSPS) is 33.1. The number of rotatable bonds is 2. The highest BCUT2D eigenvalue weighted by Crippen LogP contribution is 2.33. The summed E-state index contributed by atoms with van der Waals surface area (Å²) in [6.45, 7) is 0.921. The van der Waals surface area contributed by atoms with E-state index in [0.717, 1.165) is 0 Å². The number of hydrogen-bond donors (Lipinski definition) is 1. The lowest BCUT2D eigenvalue weighted by molar-refractivity contribution is -0.178. The number of ether oxygens (including phenoxy) is 2. The summed E-state index contributed by atoms with van der Waals surface area (Å²) in [6, 6.07) is 3.52. The molecular formula is C10H14O4. The fourth-order valence-corrected chi connectivity index (χ4v) is 1.79. The molecule has 0 bridgehead atoms. The first-order valence-corrected chi connectivity index (χ1v) is 4.64. The third-order valence-corrected chi connectivity index (χ3v) is 2.66. The second-order valence-corrected chi connectivity index (χ2v) is 3.45. The predicted molar refractivity (Wildman–Crippen MR) is 48.8 cm³/mol. The second-order valence-electron chi connectivity index (χ2n) is 3.45. The summed E-state index contributed by atoms with van der Waals surface area (Å²) in [4.78, 5) is 0. The van der Waals surface area contributed by atoms with Crippen LogP contribution >= 0.6 is 0 Å². The quantitative estimate of drug-likeness (QED) is 0.767. The van der Waals surface area contributed by atoms with Crippen molar-refractivity contribution < 1.29 is 19.0 Å². The number of furan rings is 1. The van der Waals surface area contributed by atoms with E-state index in [1.165, 1.54) is 0 Å². The van der Waals surface area contributed by atoms with Crippen molar-refractivity contribution in [1.82, 2.24) is 0 Å². The summed E-state index contributed by atoms with van der Waals surface area (Å²) >= 11 is 0. The Morgan fingerprint density at radius 1 is 1.64 bits per heavy atom. The molecule has 1 aliphatic rings. The molecule has 1 saturated heterocycles. The maximum Gasteiger partial charge on any atom is 0.152 e. The van der Waals surface area contributed by atoms with Crippen molar-refractivity contribution in [2.75, 3.05) is 20.3 Å². The zero-order valence-corrected chi connectivity index (χ0v) is 8.10. The van der Waals surface area contributed by atoms with E-state index >= 15 is 0 Å². The smallest absolute Gasteiger partial charge is 0.152 e. The fraction of sp³-hybridized carbons (Fsp3) is 0.600. The van der Waals surface area contributed by atoms with Crippen LogP contribution in [0, 0.1) is 0 Å². The summed E-state index contributed by atoms with van der Waals surface area (Å²) in [7, 11) is 1.56. The molecule has 2 atom stereocenters. The van der Waals surface area contributed by atoms with Crippen molar-refractivity contribution in [3.63, 3.8) is 0 Å². The number of hydrogen-bond acceptors (Lipinski definition) is 4. The van der Waals surface area contributed by atoms with Gasteiger partial charge in [-0.15, -0.1) is 0 Å². The maximum absolute atomic E-state index is 10.4. The van der Waals surface area contributed by atoms with Gasteiger partial charge in [0.05, 0.1) is 12.9 Å². The molecule has 0 aliphatic carbocycles. The molecule has 0 aromatic carbocycles. The Morgan fingerprint density at radius 3 is 3.14 bits per heavy atom. The zero-order chi connectivity index (χ0) is 10.0. The second kappa shape index (κ2) is 3.73. The molecule has 1 aliphatic heterocycles. The van der Waals surface area contributed by atoms with Gasteiger partial charge in [0, 0.05) is 20.1 Å². The molecule has 78 valence electrons.